The molecule has 180 valence electrons. The third-order valence-corrected chi connectivity index (χ3v) is 6.78. The summed E-state index contributed by atoms with van der Waals surface area (Å²) in [6.07, 6.45) is 2.91. The van der Waals surface area contributed by atoms with Gasteiger partial charge in [0.25, 0.3) is 11.8 Å². The number of aliphatic imine (C=N–C) groups is 1. The minimum absolute atomic E-state index is 0.0373. The maximum absolute atomic E-state index is 12.5. The van der Waals surface area contributed by atoms with Gasteiger partial charge >= 0.3 is 0 Å². The summed E-state index contributed by atoms with van der Waals surface area (Å²) in [5.74, 6) is -0.725. The molecule has 0 fully saturated rings. The predicted octanol–water partition coefficient (Wildman–Crippen LogP) is 4.11. The summed E-state index contributed by atoms with van der Waals surface area (Å²) in [4.78, 5) is 43.4. The first kappa shape index (κ1) is 25.5. The zero-order valence-electron chi connectivity index (χ0n) is 19.8. The van der Waals surface area contributed by atoms with E-state index in [0.29, 0.717) is 23.0 Å². The normalized spacial score (nSPS) is 15.1. The van der Waals surface area contributed by atoms with Crippen molar-refractivity contribution in [2.75, 3.05) is 25.0 Å². The van der Waals surface area contributed by atoms with Crippen LogP contribution in [0, 0.1) is 0 Å². The van der Waals surface area contributed by atoms with E-state index in [1.165, 1.54) is 17.3 Å². The van der Waals surface area contributed by atoms with Crippen molar-refractivity contribution in [3.63, 3.8) is 0 Å². The lowest BCUT2D eigenvalue weighted by Gasteiger charge is -2.19. The molecular formula is C26H32N4O3S. The van der Waals surface area contributed by atoms with Crippen LogP contribution in [0.4, 0.5) is 5.69 Å². The van der Waals surface area contributed by atoms with Crippen molar-refractivity contribution in [2.45, 2.75) is 44.8 Å². The van der Waals surface area contributed by atoms with Crippen LogP contribution in [0.5, 0.6) is 0 Å². The quantitative estimate of drug-likeness (QED) is 0.473. The zero-order chi connectivity index (χ0) is 24.3. The van der Waals surface area contributed by atoms with Crippen LogP contribution in [-0.4, -0.2) is 52.7 Å². The summed E-state index contributed by atoms with van der Waals surface area (Å²) in [7, 11) is 0. The highest BCUT2D eigenvalue weighted by atomic mass is 32.2. The second kappa shape index (κ2) is 12.9. The first-order valence-corrected chi connectivity index (χ1v) is 12.6. The molecule has 0 bridgehead atoms. The molecule has 3 amide bonds. The Balaban J connectivity index is 1.43. The second-order valence-corrected chi connectivity index (χ2v) is 9.21. The lowest BCUT2D eigenvalue weighted by atomic mass is 10.1. The van der Waals surface area contributed by atoms with E-state index in [1.807, 2.05) is 36.9 Å². The van der Waals surface area contributed by atoms with Crippen LogP contribution in [0.1, 0.15) is 49.0 Å². The SMILES string of the molecule is CCN(CC)C1=NC(=O)[C@@H](CC(=O)Nc2cccc(C(=O)NCCCCc3ccccc3)c2)S1. The van der Waals surface area contributed by atoms with Crippen molar-refractivity contribution < 1.29 is 14.4 Å². The molecule has 34 heavy (non-hydrogen) atoms. The maximum Gasteiger partial charge on any atom is 0.262 e. The minimum atomic E-state index is -0.516. The maximum atomic E-state index is 12.5. The molecule has 0 radical (unpaired) electrons. The Hall–Kier alpha value is -3.13. The second-order valence-electron chi connectivity index (χ2n) is 8.04. The number of unbranched alkanes of at least 4 members (excludes halogenated alkanes) is 1. The van der Waals surface area contributed by atoms with Crippen LogP contribution in [-0.2, 0) is 16.0 Å². The highest BCUT2D eigenvalue weighted by Crippen LogP contribution is 2.27. The average Bonchev–Trinajstić information content (AvgIpc) is 3.19. The summed E-state index contributed by atoms with van der Waals surface area (Å²) in [6, 6.07) is 17.1. The summed E-state index contributed by atoms with van der Waals surface area (Å²) < 4.78 is 0. The van der Waals surface area contributed by atoms with E-state index in [2.05, 4.69) is 27.8 Å². The molecule has 1 heterocycles. The highest BCUT2D eigenvalue weighted by Gasteiger charge is 2.32. The largest absolute Gasteiger partial charge is 0.352 e. The van der Waals surface area contributed by atoms with Crippen molar-refractivity contribution in [1.29, 1.82) is 0 Å². The molecule has 0 unspecified atom stereocenters. The van der Waals surface area contributed by atoms with Gasteiger partial charge in [0.1, 0.15) is 5.25 Å². The van der Waals surface area contributed by atoms with Gasteiger partial charge < -0.3 is 15.5 Å². The fourth-order valence-electron chi connectivity index (χ4n) is 3.66. The van der Waals surface area contributed by atoms with E-state index in [1.54, 1.807) is 24.3 Å². The van der Waals surface area contributed by atoms with Gasteiger partial charge in [-0.2, -0.15) is 4.99 Å². The molecular weight excluding hydrogens is 448 g/mol. The molecule has 1 atom stereocenters. The lowest BCUT2D eigenvalue weighted by Crippen LogP contribution is -2.28. The summed E-state index contributed by atoms with van der Waals surface area (Å²) in [6.45, 7) is 6.13. The smallest absolute Gasteiger partial charge is 0.262 e. The number of benzene rings is 2. The van der Waals surface area contributed by atoms with E-state index in [-0.39, 0.29) is 24.1 Å². The molecule has 2 aromatic carbocycles. The summed E-state index contributed by atoms with van der Waals surface area (Å²) in [5.41, 5.74) is 2.31. The van der Waals surface area contributed by atoms with E-state index in [9.17, 15) is 14.4 Å². The van der Waals surface area contributed by atoms with E-state index < -0.39 is 5.25 Å². The van der Waals surface area contributed by atoms with Gasteiger partial charge in [-0.15, -0.1) is 0 Å². The van der Waals surface area contributed by atoms with Crippen LogP contribution in [0.3, 0.4) is 0 Å². The molecule has 3 rings (SSSR count). The molecule has 0 aliphatic carbocycles. The molecule has 0 saturated heterocycles. The van der Waals surface area contributed by atoms with Crippen molar-refractivity contribution in [1.82, 2.24) is 10.2 Å². The summed E-state index contributed by atoms with van der Waals surface area (Å²) in [5, 5.41) is 5.90. The Morgan fingerprint density at radius 3 is 2.53 bits per heavy atom. The Bertz CT molecular complexity index is 1020. The van der Waals surface area contributed by atoms with Crippen molar-refractivity contribution >= 4 is 40.3 Å². The number of rotatable bonds is 11. The van der Waals surface area contributed by atoms with Gasteiger partial charge in [0.05, 0.1) is 0 Å². The Morgan fingerprint density at radius 1 is 1.03 bits per heavy atom. The number of carbonyl (C=O) groups is 3. The number of hydrogen-bond donors (Lipinski definition) is 2. The number of thioether (sulfide) groups is 1. The van der Waals surface area contributed by atoms with Crippen LogP contribution in [0.25, 0.3) is 0 Å². The number of nitrogens with one attached hydrogen (secondary N) is 2. The monoisotopic (exact) mass is 480 g/mol. The van der Waals surface area contributed by atoms with E-state index in [0.717, 1.165) is 32.4 Å². The third-order valence-electron chi connectivity index (χ3n) is 5.56. The molecule has 0 aromatic heterocycles. The van der Waals surface area contributed by atoms with Crippen LogP contribution < -0.4 is 10.6 Å². The molecule has 2 aromatic rings. The number of carbonyl (C=O) groups excluding carboxylic acids is 3. The lowest BCUT2D eigenvalue weighted by molar-refractivity contribution is -0.121. The molecule has 1 aliphatic heterocycles. The van der Waals surface area contributed by atoms with Gasteiger partial charge in [-0.25, -0.2) is 0 Å². The first-order chi connectivity index (χ1) is 16.5. The van der Waals surface area contributed by atoms with Gasteiger partial charge in [-0.3, -0.25) is 14.4 Å². The van der Waals surface area contributed by atoms with Gasteiger partial charge in [-0.1, -0.05) is 48.2 Å². The Kier molecular flexibility index (Phi) is 9.70. The van der Waals surface area contributed by atoms with Crippen LogP contribution >= 0.6 is 11.8 Å². The first-order valence-electron chi connectivity index (χ1n) is 11.8. The fraction of sp³-hybridized carbons (Fsp3) is 0.385. The number of nitrogens with zero attached hydrogens (tertiary/aromatic N) is 2. The number of amides is 3. The Labute approximate surface area is 205 Å². The molecule has 1 aliphatic rings. The minimum Gasteiger partial charge on any atom is -0.352 e. The van der Waals surface area contributed by atoms with Gasteiger partial charge in [0.2, 0.25) is 5.91 Å². The van der Waals surface area contributed by atoms with Crippen LogP contribution in [0.15, 0.2) is 59.6 Å². The summed E-state index contributed by atoms with van der Waals surface area (Å²) >= 11 is 1.34. The zero-order valence-corrected chi connectivity index (χ0v) is 20.6. The Morgan fingerprint density at radius 2 is 1.79 bits per heavy atom. The van der Waals surface area contributed by atoms with Gasteiger partial charge in [-0.05, 0) is 56.9 Å². The fourth-order valence-corrected chi connectivity index (χ4v) is 4.85. The molecule has 0 spiro atoms. The number of aryl methyl sites for hydroxylation is 1. The average molecular weight is 481 g/mol. The van der Waals surface area contributed by atoms with E-state index in [4.69, 9.17) is 0 Å². The third kappa shape index (κ3) is 7.45. The molecule has 7 nitrogen and oxygen atoms in total. The standard InChI is InChI=1S/C26H32N4O3S/c1-3-30(4-2)26-29-25(33)22(34-26)18-23(31)28-21-15-10-14-20(17-21)24(32)27-16-9-8-13-19-11-6-5-7-12-19/h5-7,10-12,14-15,17,22H,3-4,8-9,13,16,18H2,1-2H3,(H,27,32)(H,28,31)/t22-/m1/s1. The predicted molar refractivity (Wildman–Crippen MR) is 138 cm³/mol. The number of anilines is 1. The molecule has 2 N–H and O–H groups in total. The van der Waals surface area contributed by atoms with Gasteiger partial charge in [0.15, 0.2) is 5.17 Å². The highest BCUT2D eigenvalue weighted by molar-refractivity contribution is 8.15. The topological polar surface area (TPSA) is 90.9 Å². The van der Waals surface area contributed by atoms with Crippen molar-refractivity contribution in [3.8, 4) is 0 Å². The molecule has 8 heteroatoms. The van der Waals surface area contributed by atoms with Crippen LogP contribution in [0.2, 0.25) is 0 Å². The number of hydrogen-bond acceptors (Lipinski definition) is 5. The van der Waals surface area contributed by atoms with E-state index >= 15 is 0 Å². The van der Waals surface area contributed by atoms with Gasteiger partial charge in [0, 0.05) is 37.3 Å². The molecule has 0 saturated carbocycles. The number of amidine groups is 1. The van der Waals surface area contributed by atoms with Crippen molar-refractivity contribution in [2.24, 2.45) is 4.99 Å². The van der Waals surface area contributed by atoms with Crippen molar-refractivity contribution in [3.05, 3.63) is 65.7 Å².